The Balaban J connectivity index is 4.00. The van der Waals surface area contributed by atoms with E-state index in [2.05, 4.69) is 5.32 Å². The number of sulfonamides is 1. The zero-order chi connectivity index (χ0) is 14.3. The van der Waals surface area contributed by atoms with Gasteiger partial charge in [0.25, 0.3) is 0 Å². The highest BCUT2D eigenvalue weighted by atomic mass is 32.2. The van der Waals surface area contributed by atoms with E-state index < -0.39 is 27.8 Å². The molecule has 0 saturated carbocycles. The molecule has 0 aromatic carbocycles. The Morgan fingerprint density at radius 1 is 1.39 bits per heavy atom. The quantitative estimate of drug-likeness (QED) is 0.460. The van der Waals surface area contributed by atoms with E-state index in [4.69, 9.17) is 5.11 Å². The van der Waals surface area contributed by atoms with Gasteiger partial charge >= 0.3 is 5.97 Å². The van der Waals surface area contributed by atoms with Crippen LogP contribution in [0.4, 0.5) is 0 Å². The number of carbonyl (C=O) groups excluding carboxylic acids is 1. The van der Waals surface area contributed by atoms with Gasteiger partial charge < -0.3 is 10.4 Å². The first-order valence-corrected chi connectivity index (χ1v) is 7.50. The molecule has 0 aromatic heterocycles. The maximum absolute atomic E-state index is 11.3. The molecule has 0 aliphatic heterocycles. The number of aliphatic carboxylic acids is 1. The molecular formula is C10H20N2O5S. The first-order valence-electron chi connectivity index (χ1n) is 5.65. The van der Waals surface area contributed by atoms with Crippen molar-refractivity contribution in [3.05, 3.63) is 0 Å². The normalized spacial score (nSPS) is 13.3. The van der Waals surface area contributed by atoms with Crippen LogP contribution in [0.2, 0.25) is 0 Å². The van der Waals surface area contributed by atoms with Crippen molar-refractivity contribution in [1.82, 2.24) is 9.62 Å². The Labute approximate surface area is 107 Å². The molecule has 0 aliphatic carbocycles. The van der Waals surface area contributed by atoms with Gasteiger partial charge in [-0.15, -0.1) is 0 Å². The number of carbonyl (C=O) groups is 2. The van der Waals surface area contributed by atoms with Gasteiger partial charge in [-0.3, -0.25) is 9.59 Å². The molecule has 1 atom stereocenters. The van der Waals surface area contributed by atoms with Crippen LogP contribution in [0.3, 0.4) is 0 Å². The third-order valence-electron chi connectivity index (χ3n) is 2.47. The fourth-order valence-corrected chi connectivity index (χ4v) is 2.22. The maximum atomic E-state index is 11.3. The average Bonchev–Trinajstić information content (AvgIpc) is 2.25. The van der Waals surface area contributed by atoms with E-state index in [1.165, 1.54) is 11.2 Å². The summed E-state index contributed by atoms with van der Waals surface area (Å²) in [4.78, 5) is 21.8. The van der Waals surface area contributed by atoms with Gasteiger partial charge in [0.15, 0.2) is 0 Å². The second-order valence-corrected chi connectivity index (χ2v) is 5.94. The minimum Gasteiger partial charge on any atom is -0.481 e. The van der Waals surface area contributed by atoms with Gasteiger partial charge in [0, 0.05) is 19.6 Å². The number of rotatable bonds is 8. The van der Waals surface area contributed by atoms with Crippen LogP contribution in [-0.2, 0) is 19.6 Å². The van der Waals surface area contributed by atoms with Gasteiger partial charge in [-0.05, 0) is 13.3 Å². The summed E-state index contributed by atoms with van der Waals surface area (Å²) in [6.07, 6.45) is 1.57. The molecule has 0 aromatic rings. The van der Waals surface area contributed by atoms with Crippen molar-refractivity contribution in [1.29, 1.82) is 0 Å². The summed E-state index contributed by atoms with van der Waals surface area (Å²) in [5.41, 5.74) is 0. The Morgan fingerprint density at radius 3 is 2.33 bits per heavy atom. The van der Waals surface area contributed by atoms with Crippen molar-refractivity contribution in [2.75, 3.05) is 25.9 Å². The number of carboxylic acids is 1. The summed E-state index contributed by atoms with van der Waals surface area (Å²) in [6.45, 7) is 3.95. The molecule has 0 radical (unpaired) electrons. The molecule has 2 N–H and O–H groups in total. The second kappa shape index (κ2) is 7.32. The summed E-state index contributed by atoms with van der Waals surface area (Å²) >= 11 is 0. The lowest BCUT2D eigenvalue weighted by Gasteiger charge is -2.17. The summed E-state index contributed by atoms with van der Waals surface area (Å²) < 4.78 is 23.8. The third kappa shape index (κ3) is 5.97. The molecule has 0 bridgehead atoms. The predicted molar refractivity (Wildman–Crippen MR) is 66.5 cm³/mol. The number of hydrogen-bond donors (Lipinski definition) is 2. The zero-order valence-electron chi connectivity index (χ0n) is 10.8. The van der Waals surface area contributed by atoms with Gasteiger partial charge in [0.2, 0.25) is 15.9 Å². The van der Waals surface area contributed by atoms with Crippen molar-refractivity contribution < 1.29 is 23.1 Å². The highest BCUT2D eigenvalue weighted by Crippen LogP contribution is 1.99. The van der Waals surface area contributed by atoms with Crippen molar-refractivity contribution in [2.45, 2.75) is 20.3 Å². The van der Waals surface area contributed by atoms with E-state index in [1.54, 1.807) is 6.92 Å². The van der Waals surface area contributed by atoms with Crippen LogP contribution in [0.5, 0.6) is 0 Å². The van der Waals surface area contributed by atoms with Crippen molar-refractivity contribution in [3.63, 3.8) is 0 Å². The van der Waals surface area contributed by atoms with Crippen LogP contribution in [-0.4, -0.2) is 55.6 Å². The molecule has 0 spiro atoms. The molecule has 0 heterocycles. The van der Waals surface area contributed by atoms with Crippen molar-refractivity contribution in [3.8, 4) is 0 Å². The largest absolute Gasteiger partial charge is 0.481 e. The average molecular weight is 280 g/mol. The molecule has 0 aliphatic rings. The smallest absolute Gasteiger partial charge is 0.315 e. The second-order valence-electron chi connectivity index (χ2n) is 3.96. The molecule has 1 unspecified atom stereocenters. The van der Waals surface area contributed by atoms with Crippen LogP contribution >= 0.6 is 0 Å². The third-order valence-corrected chi connectivity index (χ3v) is 3.85. The monoisotopic (exact) mass is 280 g/mol. The molecule has 7 nitrogen and oxygen atoms in total. The van der Waals surface area contributed by atoms with E-state index in [0.29, 0.717) is 19.5 Å². The summed E-state index contributed by atoms with van der Waals surface area (Å²) in [5.74, 6) is -2.84. The predicted octanol–water partition coefficient (Wildman–Crippen LogP) is -0.505. The molecule has 18 heavy (non-hydrogen) atoms. The standard InChI is InChI=1S/C10H20N2O5S/c1-4-12(18(3,16)17)7-5-6-11-9(13)8(2)10(14)15/h8H,4-7H2,1-3H3,(H,11,13)(H,14,15). The molecular weight excluding hydrogens is 260 g/mol. The Kier molecular flexibility index (Phi) is 6.85. The molecule has 0 saturated heterocycles. The fourth-order valence-electron chi connectivity index (χ4n) is 1.29. The lowest BCUT2D eigenvalue weighted by atomic mass is 10.2. The van der Waals surface area contributed by atoms with Crippen LogP contribution in [0, 0.1) is 5.92 Å². The molecule has 8 heteroatoms. The van der Waals surface area contributed by atoms with Crippen molar-refractivity contribution in [2.24, 2.45) is 5.92 Å². The highest BCUT2D eigenvalue weighted by molar-refractivity contribution is 7.88. The molecule has 0 fully saturated rings. The SMILES string of the molecule is CCN(CCCNC(=O)C(C)C(=O)O)S(C)(=O)=O. The molecule has 106 valence electrons. The highest BCUT2D eigenvalue weighted by Gasteiger charge is 2.20. The lowest BCUT2D eigenvalue weighted by Crippen LogP contribution is -2.36. The van der Waals surface area contributed by atoms with E-state index in [-0.39, 0.29) is 6.54 Å². The number of amides is 1. The van der Waals surface area contributed by atoms with Gasteiger partial charge in [-0.25, -0.2) is 12.7 Å². The minimum atomic E-state index is -3.22. The van der Waals surface area contributed by atoms with E-state index in [9.17, 15) is 18.0 Å². The number of hydrogen-bond acceptors (Lipinski definition) is 4. The number of carboxylic acid groups (broad SMARTS) is 1. The van der Waals surface area contributed by atoms with Gasteiger partial charge in [0.05, 0.1) is 6.26 Å². The first kappa shape index (κ1) is 16.9. The fraction of sp³-hybridized carbons (Fsp3) is 0.800. The van der Waals surface area contributed by atoms with Crippen molar-refractivity contribution >= 4 is 21.9 Å². The number of nitrogens with zero attached hydrogens (tertiary/aromatic N) is 1. The van der Waals surface area contributed by atoms with Crippen LogP contribution in [0.25, 0.3) is 0 Å². The van der Waals surface area contributed by atoms with Crippen LogP contribution < -0.4 is 5.32 Å². The summed E-state index contributed by atoms with van der Waals surface area (Å²) in [6, 6.07) is 0. The number of nitrogens with one attached hydrogen (secondary N) is 1. The molecule has 1 amide bonds. The van der Waals surface area contributed by atoms with Gasteiger partial charge in [0.1, 0.15) is 5.92 Å². The zero-order valence-corrected chi connectivity index (χ0v) is 11.7. The minimum absolute atomic E-state index is 0.252. The first-order chi connectivity index (χ1) is 8.20. The van der Waals surface area contributed by atoms with E-state index >= 15 is 0 Å². The molecule has 0 rings (SSSR count). The topological polar surface area (TPSA) is 104 Å². The Hall–Kier alpha value is -1.15. The summed E-state index contributed by atoms with van der Waals surface area (Å²) in [7, 11) is -3.22. The van der Waals surface area contributed by atoms with Gasteiger partial charge in [-0.2, -0.15) is 0 Å². The van der Waals surface area contributed by atoms with Gasteiger partial charge in [-0.1, -0.05) is 6.92 Å². The lowest BCUT2D eigenvalue weighted by molar-refractivity contribution is -0.146. The Morgan fingerprint density at radius 2 is 1.94 bits per heavy atom. The maximum Gasteiger partial charge on any atom is 0.315 e. The van der Waals surface area contributed by atoms with E-state index in [0.717, 1.165) is 6.26 Å². The summed E-state index contributed by atoms with van der Waals surface area (Å²) in [5, 5.41) is 11.0. The van der Waals surface area contributed by atoms with Crippen LogP contribution in [0.1, 0.15) is 20.3 Å². The van der Waals surface area contributed by atoms with E-state index in [1.807, 2.05) is 0 Å². The van der Waals surface area contributed by atoms with Crippen LogP contribution in [0.15, 0.2) is 0 Å². The Bertz CT molecular complexity index is 393.